The summed E-state index contributed by atoms with van der Waals surface area (Å²) in [5, 5.41) is 9.44. The van der Waals surface area contributed by atoms with E-state index in [-0.39, 0.29) is 11.6 Å². The van der Waals surface area contributed by atoms with E-state index >= 15 is 0 Å². The Kier molecular flexibility index (Phi) is 4.67. The van der Waals surface area contributed by atoms with Crippen LogP contribution < -0.4 is 0 Å². The highest BCUT2D eigenvalue weighted by molar-refractivity contribution is 6.08. The zero-order valence-corrected chi connectivity index (χ0v) is 13.1. The van der Waals surface area contributed by atoms with Crippen LogP contribution in [0.3, 0.4) is 0 Å². The first-order valence-corrected chi connectivity index (χ1v) is 7.64. The van der Waals surface area contributed by atoms with Crippen molar-refractivity contribution in [2.45, 2.75) is 5.92 Å². The summed E-state index contributed by atoms with van der Waals surface area (Å²) in [4.78, 5) is 12.4. The minimum absolute atomic E-state index is 0.221. The molecule has 0 N–H and O–H groups in total. The first kappa shape index (κ1) is 16.5. The van der Waals surface area contributed by atoms with E-state index < -0.39 is 11.7 Å². The van der Waals surface area contributed by atoms with Crippen molar-refractivity contribution in [2.75, 3.05) is 0 Å². The molecule has 0 spiro atoms. The number of ketones is 1. The van der Waals surface area contributed by atoms with Gasteiger partial charge in [0.05, 0.1) is 12.0 Å². The Morgan fingerprint density at radius 3 is 1.52 bits per heavy atom. The predicted octanol–water partition coefficient (Wildman–Crippen LogP) is 4.85. The zero-order chi connectivity index (χ0) is 17.8. The Balaban J connectivity index is 1.86. The van der Waals surface area contributed by atoms with E-state index in [1.807, 2.05) is 0 Å². The lowest BCUT2D eigenvalue weighted by molar-refractivity contribution is 0.103. The molecule has 0 aromatic heterocycles. The van der Waals surface area contributed by atoms with Crippen LogP contribution >= 0.6 is 0 Å². The van der Waals surface area contributed by atoms with E-state index in [2.05, 4.69) is 6.07 Å². The fourth-order valence-electron chi connectivity index (χ4n) is 2.59. The van der Waals surface area contributed by atoms with Gasteiger partial charge in [-0.3, -0.25) is 4.79 Å². The van der Waals surface area contributed by atoms with Gasteiger partial charge < -0.3 is 0 Å². The number of carbonyl (C=O) groups excluding carboxylic acids is 1. The van der Waals surface area contributed by atoms with Gasteiger partial charge in [0, 0.05) is 11.1 Å². The summed E-state index contributed by atoms with van der Waals surface area (Å²) in [5.41, 5.74) is 2.24. The molecular weight excluding hydrogens is 320 g/mol. The van der Waals surface area contributed by atoms with Crippen LogP contribution in [0.2, 0.25) is 0 Å². The molecule has 0 aliphatic carbocycles. The Labute approximate surface area is 144 Å². The van der Waals surface area contributed by atoms with Gasteiger partial charge in [0.25, 0.3) is 0 Å². The first-order chi connectivity index (χ1) is 12.1. The molecule has 0 aliphatic rings. The van der Waals surface area contributed by atoms with Gasteiger partial charge in [-0.25, -0.2) is 8.78 Å². The smallest absolute Gasteiger partial charge is 0.193 e. The summed E-state index contributed by atoms with van der Waals surface area (Å²) < 4.78 is 26.0. The van der Waals surface area contributed by atoms with Gasteiger partial charge in [-0.2, -0.15) is 5.26 Å². The number of nitrogens with zero attached hydrogens (tertiary/aromatic N) is 1. The Bertz CT molecular complexity index is 924. The SMILES string of the molecule is N#C[C@H](c1ccc(F)cc1)c1ccc(C(=O)c2ccc(F)cc2)cc1. The minimum atomic E-state index is -0.546. The molecule has 0 unspecified atom stereocenters. The molecule has 0 bridgehead atoms. The maximum atomic E-state index is 13.0. The molecule has 0 heterocycles. The highest BCUT2D eigenvalue weighted by atomic mass is 19.1. The van der Waals surface area contributed by atoms with E-state index in [0.717, 1.165) is 0 Å². The largest absolute Gasteiger partial charge is 0.289 e. The molecule has 1 atom stereocenters. The van der Waals surface area contributed by atoms with E-state index in [1.165, 1.54) is 36.4 Å². The predicted molar refractivity (Wildman–Crippen MR) is 90.1 cm³/mol. The van der Waals surface area contributed by atoms with Crippen LogP contribution in [0.5, 0.6) is 0 Å². The molecule has 122 valence electrons. The Morgan fingerprint density at radius 2 is 1.08 bits per heavy atom. The summed E-state index contributed by atoms with van der Waals surface area (Å²) in [5.74, 6) is -1.53. The van der Waals surface area contributed by atoms with Crippen molar-refractivity contribution >= 4 is 5.78 Å². The van der Waals surface area contributed by atoms with Gasteiger partial charge in [-0.1, -0.05) is 36.4 Å². The third-order valence-corrected chi connectivity index (χ3v) is 3.95. The molecule has 0 saturated heterocycles. The van der Waals surface area contributed by atoms with Crippen molar-refractivity contribution in [3.63, 3.8) is 0 Å². The lowest BCUT2D eigenvalue weighted by Crippen LogP contribution is -2.03. The van der Waals surface area contributed by atoms with Gasteiger partial charge >= 0.3 is 0 Å². The highest BCUT2D eigenvalue weighted by Gasteiger charge is 2.15. The topological polar surface area (TPSA) is 40.9 Å². The molecule has 4 heteroatoms. The van der Waals surface area contributed by atoms with Crippen LogP contribution in [0.25, 0.3) is 0 Å². The molecule has 3 aromatic rings. The van der Waals surface area contributed by atoms with Gasteiger partial charge in [0.2, 0.25) is 0 Å². The van der Waals surface area contributed by atoms with Gasteiger partial charge in [0.15, 0.2) is 5.78 Å². The summed E-state index contributed by atoms with van der Waals surface area (Å²) in [6, 6.07) is 20.0. The highest BCUT2D eigenvalue weighted by Crippen LogP contribution is 2.25. The zero-order valence-electron chi connectivity index (χ0n) is 13.1. The average Bonchev–Trinajstić information content (AvgIpc) is 2.64. The monoisotopic (exact) mass is 333 g/mol. The number of benzene rings is 3. The number of hydrogen-bond acceptors (Lipinski definition) is 2. The lowest BCUT2D eigenvalue weighted by Gasteiger charge is -2.11. The van der Waals surface area contributed by atoms with Crippen LogP contribution in [-0.2, 0) is 0 Å². The summed E-state index contributed by atoms with van der Waals surface area (Å²) in [6.07, 6.45) is 0. The maximum absolute atomic E-state index is 13.0. The Morgan fingerprint density at radius 1 is 0.720 bits per heavy atom. The van der Waals surface area contributed by atoms with Crippen molar-refractivity contribution in [1.29, 1.82) is 5.26 Å². The second-order valence-corrected chi connectivity index (χ2v) is 5.57. The molecular formula is C21H13F2NO. The minimum Gasteiger partial charge on any atom is -0.289 e. The van der Waals surface area contributed by atoms with Crippen molar-refractivity contribution in [3.05, 3.63) is 107 Å². The van der Waals surface area contributed by atoms with Gasteiger partial charge in [-0.05, 0) is 47.5 Å². The fourth-order valence-corrected chi connectivity index (χ4v) is 2.59. The second-order valence-electron chi connectivity index (χ2n) is 5.57. The van der Waals surface area contributed by atoms with Crippen molar-refractivity contribution < 1.29 is 13.6 Å². The molecule has 0 saturated carbocycles. The number of hydrogen-bond donors (Lipinski definition) is 0. The number of carbonyl (C=O) groups is 1. The molecule has 2 nitrogen and oxygen atoms in total. The molecule has 0 aliphatic heterocycles. The van der Waals surface area contributed by atoms with Crippen molar-refractivity contribution in [1.82, 2.24) is 0 Å². The summed E-state index contributed by atoms with van der Waals surface area (Å²) in [7, 11) is 0. The van der Waals surface area contributed by atoms with E-state index in [4.69, 9.17) is 0 Å². The summed E-state index contributed by atoms with van der Waals surface area (Å²) >= 11 is 0. The third kappa shape index (κ3) is 3.61. The Hall–Kier alpha value is -3.32. The average molecular weight is 333 g/mol. The second kappa shape index (κ2) is 7.06. The van der Waals surface area contributed by atoms with E-state index in [9.17, 15) is 18.8 Å². The van der Waals surface area contributed by atoms with Crippen LogP contribution in [-0.4, -0.2) is 5.78 Å². The quantitative estimate of drug-likeness (QED) is 0.640. The molecule has 3 rings (SSSR count). The molecule has 3 aromatic carbocycles. The van der Waals surface area contributed by atoms with Crippen LogP contribution in [0.1, 0.15) is 33.0 Å². The van der Waals surface area contributed by atoms with Gasteiger partial charge in [0.1, 0.15) is 11.6 Å². The van der Waals surface area contributed by atoms with E-state index in [1.54, 1.807) is 36.4 Å². The van der Waals surface area contributed by atoms with Gasteiger partial charge in [-0.15, -0.1) is 0 Å². The summed E-state index contributed by atoms with van der Waals surface area (Å²) in [6.45, 7) is 0. The number of rotatable bonds is 4. The third-order valence-electron chi connectivity index (χ3n) is 3.95. The lowest BCUT2D eigenvalue weighted by atomic mass is 9.91. The van der Waals surface area contributed by atoms with Crippen LogP contribution in [0.15, 0.2) is 72.8 Å². The standard InChI is InChI=1S/C21H13F2NO/c22-18-9-5-15(6-10-18)20(13-24)14-1-3-16(4-2-14)21(25)17-7-11-19(23)12-8-17/h1-12,20H/t20-/m0/s1. The first-order valence-electron chi connectivity index (χ1n) is 7.64. The fraction of sp³-hybridized carbons (Fsp3) is 0.0476. The molecule has 25 heavy (non-hydrogen) atoms. The maximum Gasteiger partial charge on any atom is 0.193 e. The van der Waals surface area contributed by atoms with Crippen LogP contribution in [0.4, 0.5) is 8.78 Å². The molecule has 0 amide bonds. The molecule has 0 fully saturated rings. The van der Waals surface area contributed by atoms with Crippen LogP contribution in [0, 0.1) is 23.0 Å². The number of nitriles is 1. The normalized spacial score (nSPS) is 11.6. The molecule has 0 radical (unpaired) electrons. The van der Waals surface area contributed by atoms with E-state index in [0.29, 0.717) is 22.3 Å². The number of halogens is 2. The van der Waals surface area contributed by atoms with Crippen molar-refractivity contribution in [2.24, 2.45) is 0 Å². The van der Waals surface area contributed by atoms with Crippen molar-refractivity contribution in [3.8, 4) is 6.07 Å².